The Kier molecular flexibility index (Phi) is 6.09. The van der Waals surface area contributed by atoms with E-state index in [9.17, 15) is 4.79 Å². The first-order chi connectivity index (χ1) is 16.6. The maximum Gasteiger partial charge on any atom is 0.251 e. The van der Waals surface area contributed by atoms with Gasteiger partial charge in [0.05, 0.1) is 24.2 Å². The van der Waals surface area contributed by atoms with Crippen LogP contribution in [0.1, 0.15) is 34.2 Å². The molecule has 1 atom stereocenters. The highest BCUT2D eigenvalue weighted by Gasteiger charge is 2.25. The fraction of sp³-hybridized carbons (Fsp3) is 0.208. The average Bonchev–Trinajstić information content (AvgIpc) is 3.24. The fourth-order valence-corrected chi connectivity index (χ4v) is 4.13. The van der Waals surface area contributed by atoms with Crippen LogP contribution in [0, 0.1) is 0 Å². The normalized spacial score (nSPS) is 14.7. The molecule has 172 valence electrons. The zero-order valence-corrected chi connectivity index (χ0v) is 19.2. The lowest BCUT2D eigenvalue weighted by atomic mass is 10.00. The molecule has 0 radical (unpaired) electrons. The molecule has 4 aromatic rings. The molecule has 3 heterocycles. The molecule has 0 saturated carbocycles. The number of fused-ring (bicyclic) bond motifs is 1. The number of anilines is 1. The van der Waals surface area contributed by atoms with E-state index in [0.29, 0.717) is 47.4 Å². The van der Waals surface area contributed by atoms with Gasteiger partial charge in [-0.1, -0.05) is 29.8 Å². The maximum absolute atomic E-state index is 13.0. The molecule has 1 aliphatic rings. The molecule has 0 fully saturated rings. The van der Waals surface area contributed by atoms with Crippen LogP contribution in [0.4, 0.5) is 5.69 Å². The van der Waals surface area contributed by atoms with Gasteiger partial charge in [-0.3, -0.25) is 4.79 Å². The van der Waals surface area contributed by atoms with E-state index in [1.165, 1.54) is 6.33 Å². The molecule has 2 N–H and O–H groups in total. The highest BCUT2D eigenvalue weighted by atomic mass is 35.5. The molecule has 1 amide bonds. The van der Waals surface area contributed by atoms with E-state index in [2.05, 4.69) is 30.8 Å². The number of nitrogens with one attached hydrogen (secondary N) is 2. The number of benzene rings is 2. The van der Waals surface area contributed by atoms with Crippen molar-refractivity contribution in [3.63, 3.8) is 0 Å². The summed E-state index contributed by atoms with van der Waals surface area (Å²) in [6.45, 7) is 0.934. The molecule has 0 bridgehead atoms. The van der Waals surface area contributed by atoms with Gasteiger partial charge < -0.3 is 19.9 Å². The number of ether oxygens (including phenoxy) is 1. The minimum Gasteiger partial charge on any atom is -0.492 e. The summed E-state index contributed by atoms with van der Waals surface area (Å²) in [7, 11) is 1.89. The number of rotatable bonds is 6. The standard InChI is InChI=1S/C24H22ClN7O2/c1-32-21(30-31-23(32)20-8-10-26-14-28-20)13-27-16-5-2-4-15(12-16)24(33)29-19-9-11-34-22-17(19)6-3-7-18(22)25/h2-8,10,12,14,19,27H,9,11,13H2,1H3,(H,29,33). The molecular weight excluding hydrogens is 454 g/mol. The van der Waals surface area contributed by atoms with Gasteiger partial charge in [0.2, 0.25) is 0 Å². The van der Waals surface area contributed by atoms with Crippen molar-refractivity contribution in [1.29, 1.82) is 0 Å². The van der Waals surface area contributed by atoms with Gasteiger partial charge in [0.15, 0.2) is 11.6 Å². The van der Waals surface area contributed by atoms with Crippen molar-refractivity contribution in [3.8, 4) is 17.3 Å². The second kappa shape index (κ2) is 9.48. The Morgan fingerprint density at radius 3 is 2.94 bits per heavy atom. The van der Waals surface area contributed by atoms with Crippen molar-refractivity contribution in [2.24, 2.45) is 7.05 Å². The molecule has 2 aromatic heterocycles. The molecule has 9 nitrogen and oxygen atoms in total. The Morgan fingerprint density at radius 2 is 2.09 bits per heavy atom. The SMILES string of the molecule is Cn1c(CNc2cccc(C(=O)NC3CCOc4c(Cl)cccc43)c2)nnc1-c1ccncn1. The summed E-state index contributed by atoms with van der Waals surface area (Å²) < 4.78 is 7.57. The zero-order valence-electron chi connectivity index (χ0n) is 18.4. The van der Waals surface area contributed by atoms with Gasteiger partial charge in [-0.25, -0.2) is 9.97 Å². The number of aromatic nitrogens is 5. The number of halogens is 1. The molecule has 2 aromatic carbocycles. The van der Waals surface area contributed by atoms with Gasteiger partial charge in [0.1, 0.15) is 17.8 Å². The molecule has 0 aliphatic carbocycles. The van der Waals surface area contributed by atoms with Gasteiger partial charge in [-0.05, 0) is 30.3 Å². The maximum atomic E-state index is 13.0. The second-order valence-corrected chi connectivity index (χ2v) is 8.26. The third kappa shape index (κ3) is 4.42. The number of carbonyl (C=O) groups is 1. The zero-order chi connectivity index (χ0) is 23.5. The van der Waals surface area contributed by atoms with Crippen molar-refractivity contribution in [2.45, 2.75) is 19.0 Å². The van der Waals surface area contributed by atoms with Crippen LogP contribution in [-0.4, -0.2) is 37.2 Å². The van der Waals surface area contributed by atoms with E-state index in [-0.39, 0.29) is 11.9 Å². The molecule has 34 heavy (non-hydrogen) atoms. The van der Waals surface area contributed by atoms with Gasteiger partial charge in [0.25, 0.3) is 5.91 Å². The first-order valence-electron chi connectivity index (χ1n) is 10.8. The lowest BCUT2D eigenvalue weighted by molar-refractivity contribution is 0.0925. The minimum absolute atomic E-state index is 0.161. The summed E-state index contributed by atoms with van der Waals surface area (Å²) in [4.78, 5) is 21.2. The topological polar surface area (TPSA) is 107 Å². The molecular formula is C24H22ClN7O2. The highest BCUT2D eigenvalue weighted by Crippen LogP contribution is 2.37. The summed E-state index contributed by atoms with van der Waals surface area (Å²) in [6, 6.07) is 14.6. The number of amides is 1. The average molecular weight is 476 g/mol. The Labute approximate surface area is 201 Å². The van der Waals surface area contributed by atoms with Crippen molar-refractivity contribution < 1.29 is 9.53 Å². The molecule has 5 rings (SSSR count). The first-order valence-corrected chi connectivity index (χ1v) is 11.2. The number of hydrogen-bond donors (Lipinski definition) is 2. The van der Waals surface area contributed by atoms with Crippen LogP contribution in [0.15, 0.2) is 61.1 Å². The molecule has 0 saturated heterocycles. The Balaban J connectivity index is 1.27. The number of carbonyl (C=O) groups excluding carboxylic acids is 1. The quantitative estimate of drug-likeness (QED) is 0.437. The van der Waals surface area contributed by atoms with Gasteiger partial charge in [-0.2, -0.15) is 0 Å². The van der Waals surface area contributed by atoms with E-state index in [1.54, 1.807) is 24.4 Å². The van der Waals surface area contributed by atoms with Gasteiger partial charge >= 0.3 is 0 Å². The van der Waals surface area contributed by atoms with Crippen LogP contribution in [0.3, 0.4) is 0 Å². The van der Waals surface area contributed by atoms with E-state index >= 15 is 0 Å². The second-order valence-electron chi connectivity index (χ2n) is 7.85. The third-order valence-corrected chi connectivity index (χ3v) is 5.98. The summed E-state index contributed by atoms with van der Waals surface area (Å²) in [6.07, 6.45) is 3.82. The predicted octanol–water partition coefficient (Wildman–Crippen LogP) is 3.79. The van der Waals surface area contributed by atoms with Crippen LogP contribution >= 0.6 is 11.6 Å². The lowest BCUT2D eigenvalue weighted by Gasteiger charge is -2.27. The van der Waals surface area contributed by atoms with E-state index in [4.69, 9.17) is 16.3 Å². The number of hydrogen-bond acceptors (Lipinski definition) is 7. The first kappa shape index (κ1) is 21.8. The van der Waals surface area contributed by atoms with Crippen molar-refractivity contribution >= 4 is 23.2 Å². The molecule has 10 heteroatoms. The Bertz CT molecular complexity index is 1330. The summed E-state index contributed by atoms with van der Waals surface area (Å²) in [5.74, 6) is 1.87. The Hall–Kier alpha value is -3.98. The molecule has 1 aliphatic heterocycles. The Morgan fingerprint density at radius 1 is 1.21 bits per heavy atom. The predicted molar refractivity (Wildman–Crippen MR) is 128 cm³/mol. The van der Waals surface area contributed by atoms with Crippen LogP contribution in [0.2, 0.25) is 5.02 Å². The van der Waals surface area contributed by atoms with Crippen molar-refractivity contribution in [3.05, 3.63) is 83.0 Å². The van der Waals surface area contributed by atoms with Crippen LogP contribution in [0.25, 0.3) is 11.5 Å². The highest BCUT2D eigenvalue weighted by molar-refractivity contribution is 6.32. The summed E-state index contributed by atoms with van der Waals surface area (Å²) in [5, 5.41) is 15.5. The third-order valence-electron chi connectivity index (χ3n) is 5.68. The van der Waals surface area contributed by atoms with Crippen molar-refractivity contribution in [2.75, 3.05) is 11.9 Å². The van der Waals surface area contributed by atoms with Gasteiger partial charge in [-0.15, -0.1) is 10.2 Å². The van der Waals surface area contributed by atoms with Crippen LogP contribution in [-0.2, 0) is 13.6 Å². The van der Waals surface area contributed by atoms with Crippen LogP contribution < -0.4 is 15.4 Å². The monoisotopic (exact) mass is 475 g/mol. The molecule has 0 spiro atoms. The smallest absolute Gasteiger partial charge is 0.251 e. The van der Waals surface area contributed by atoms with Gasteiger partial charge in [0, 0.05) is 36.5 Å². The summed E-state index contributed by atoms with van der Waals surface area (Å²) >= 11 is 6.25. The summed E-state index contributed by atoms with van der Waals surface area (Å²) in [5.41, 5.74) is 2.95. The molecule has 1 unspecified atom stereocenters. The van der Waals surface area contributed by atoms with E-state index in [1.807, 2.05) is 41.9 Å². The largest absolute Gasteiger partial charge is 0.492 e. The van der Waals surface area contributed by atoms with E-state index in [0.717, 1.165) is 17.1 Å². The van der Waals surface area contributed by atoms with Crippen molar-refractivity contribution in [1.82, 2.24) is 30.0 Å². The van der Waals surface area contributed by atoms with Crippen LogP contribution in [0.5, 0.6) is 5.75 Å². The number of nitrogens with zero attached hydrogens (tertiary/aromatic N) is 5. The van der Waals surface area contributed by atoms with E-state index < -0.39 is 0 Å². The minimum atomic E-state index is -0.162. The number of para-hydroxylation sites is 1. The fourth-order valence-electron chi connectivity index (χ4n) is 3.89. The lowest BCUT2D eigenvalue weighted by Crippen LogP contribution is -2.32.